The highest BCUT2D eigenvalue weighted by atomic mass is 16.6. The van der Waals surface area contributed by atoms with E-state index in [1.54, 1.807) is 0 Å². The second-order valence-electron chi connectivity index (χ2n) is 23.5. The van der Waals surface area contributed by atoms with Crippen LogP contribution in [0.5, 0.6) is 23.0 Å². The van der Waals surface area contributed by atoms with Crippen molar-refractivity contribution >= 4 is 79.3 Å². The van der Waals surface area contributed by atoms with Gasteiger partial charge in [0.05, 0.1) is 34.1 Å². The standard InChI is InChI=1S/C72H56B2N4O4/c1-41-37-45(5)75-69(41)63(70-42(2)38-46(6)76(70)73(75)79-59-33-29-49-17-9-13-21-55(49)65(59)66-56-22-14-10-18-50(56)30-34-60(66)80-73)53-25-27-54(28-26-53)64-71-43(3)39-47(7)77(71)74(78-48(8)40-44(4)72(64)78)81-61-35-31-51-19-11-15-23-57(51)67(61)68-58-24-16-12-20-52(58)32-36-62(68)82-74/h9-40H,1-8H3. The van der Waals surface area contributed by atoms with Crippen LogP contribution in [0.4, 0.5) is 0 Å². The maximum absolute atomic E-state index is 7.80. The van der Waals surface area contributed by atoms with E-state index in [2.05, 4.69) is 267 Å². The summed E-state index contributed by atoms with van der Waals surface area (Å²) in [6.45, 7) is 12.6. The van der Waals surface area contributed by atoms with Crippen molar-refractivity contribution in [1.29, 1.82) is 0 Å². The van der Waals surface area contributed by atoms with Crippen LogP contribution in [-0.4, -0.2) is 43.0 Å². The third-order valence-corrected chi connectivity index (χ3v) is 18.6. The highest BCUT2D eigenvalue weighted by Gasteiger charge is 2.63. The molecule has 394 valence electrons. The van der Waals surface area contributed by atoms with E-state index < -0.39 is 13.6 Å². The zero-order chi connectivity index (χ0) is 55.2. The smallest absolute Gasteiger partial charge is 0.601 e. The summed E-state index contributed by atoms with van der Waals surface area (Å²) in [7, 11) is 0. The number of fused-ring (bicyclic) bond motifs is 22. The average molecular weight is 1060 g/mol. The number of hydrogen-bond acceptors (Lipinski definition) is 4. The molecule has 17 rings (SSSR count). The van der Waals surface area contributed by atoms with Gasteiger partial charge in [0.2, 0.25) is 0 Å². The minimum Gasteiger partial charge on any atom is -0.601 e. The van der Waals surface area contributed by atoms with E-state index in [0.717, 1.165) is 178 Å². The lowest BCUT2D eigenvalue weighted by molar-refractivity contribution is -0.372. The topological polar surface area (TPSA) is 52.8 Å². The summed E-state index contributed by atoms with van der Waals surface area (Å²) in [5.74, 6) is 3.12. The van der Waals surface area contributed by atoms with Crippen molar-refractivity contribution in [2.45, 2.75) is 55.4 Å². The van der Waals surface area contributed by atoms with Crippen molar-refractivity contribution in [3.8, 4) is 45.3 Å². The van der Waals surface area contributed by atoms with Gasteiger partial charge in [0.1, 0.15) is 11.4 Å². The highest BCUT2D eigenvalue weighted by Crippen LogP contribution is 2.55. The second kappa shape index (κ2) is 16.4. The van der Waals surface area contributed by atoms with Gasteiger partial charge in [0, 0.05) is 70.8 Å². The van der Waals surface area contributed by atoms with Gasteiger partial charge in [-0.15, -0.1) is 0 Å². The first-order valence-electron chi connectivity index (χ1n) is 28.7. The molecule has 9 aromatic carbocycles. The minimum absolute atomic E-state index is 0.781. The van der Waals surface area contributed by atoms with Crippen molar-refractivity contribution in [3.63, 3.8) is 0 Å². The first-order chi connectivity index (χ1) is 39.9. The fourth-order valence-electron chi connectivity index (χ4n) is 15.6. The molecule has 6 aliphatic heterocycles. The summed E-state index contributed by atoms with van der Waals surface area (Å²) in [4.78, 5) is 0. The molecule has 2 aromatic heterocycles. The van der Waals surface area contributed by atoms with E-state index in [1.165, 1.54) is 0 Å². The molecule has 0 unspecified atom stereocenters. The van der Waals surface area contributed by atoms with Gasteiger partial charge in [0.15, 0.2) is 11.4 Å². The average Bonchev–Trinajstić information content (AvgIpc) is 2.46. The molecule has 82 heavy (non-hydrogen) atoms. The van der Waals surface area contributed by atoms with Crippen LogP contribution in [0.3, 0.4) is 0 Å². The van der Waals surface area contributed by atoms with Gasteiger partial charge in [-0.25, -0.2) is 0 Å². The molecule has 11 aromatic rings. The lowest BCUT2D eigenvalue weighted by Gasteiger charge is -2.43. The van der Waals surface area contributed by atoms with Crippen LogP contribution < -0.4 is 18.6 Å². The van der Waals surface area contributed by atoms with Crippen molar-refractivity contribution < 1.29 is 27.6 Å². The van der Waals surface area contributed by atoms with Crippen molar-refractivity contribution in [1.82, 2.24) is 8.96 Å². The predicted octanol–water partition coefficient (Wildman–Crippen LogP) is 16.4. The van der Waals surface area contributed by atoms with Crippen LogP contribution in [0.2, 0.25) is 0 Å². The van der Waals surface area contributed by atoms with E-state index >= 15 is 0 Å². The molecule has 0 amide bonds. The Labute approximate surface area is 475 Å². The summed E-state index contributed by atoms with van der Waals surface area (Å²) in [6.07, 6.45) is 4.58. The van der Waals surface area contributed by atoms with Crippen molar-refractivity contribution in [2.75, 3.05) is 0 Å². The van der Waals surface area contributed by atoms with E-state index in [9.17, 15) is 0 Å². The lowest BCUT2D eigenvalue weighted by Crippen LogP contribution is -2.67. The van der Waals surface area contributed by atoms with Crippen LogP contribution in [0.1, 0.15) is 72.7 Å². The van der Waals surface area contributed by atoms with Gasteiger partial charge < -0.3 is 36.5 Å². The molecule has 2 spiro atoms. The first-order valence-corrected chi connectivity index (χ1v) is 28.7. The third-order valence-electron chi connectivity index (χ3n) is 18.6. The minimum atomic E-state index is -2.52. The summed E-state index contributed by atoms with van der Waals surface area (Å²) in [5, 5.41) is 9.05. The molecule has 0 saturated heterocycles. The quantitative estimate of drug-likeness (QED) is 0.162. The molecule has 0 aliphatic carbocycles. The van der Waals surface area contributed by atoms with Crippen LogP contribution in [-0.2, 0) is 0 Å². The molecule has 10 heteroatoms. The SMILES string of the molecule is CC1=CC(C)=[N+]2C1=C(c1ccc(C3=C4C(C)=CC(C)=[N+]4[B-]4(Oc5ccc6ccccc6c5-c5c(ccc6ccccc56)O4)n4c(C)cc(C)c43)cc1)c1c(C)cc(C)n1[B-]21Oc2ccc3ccccc3c2-c2c(ccc3ccccc23)O1. The Morgan fingerprint density at radius 2 is 0.634 bits per heavy atom. The van der Waals surface area contributed by atoms with Gasteiger partial charge in [-0.05, 0) is 155 Å². The summed E-state index contributed by atoms with van der Waals surface area (Å²) in [5.41, 5.74) is 21.7. The van der Waals surface area contributed by atoms with Crippen LogP contribution in [0.15, 0.2) is 217 Å². The number of nitrogens with zero attached hydrogens (tertiary/aromatic N) is 4. The molecule has 0 fully saturated rings. The highest BCUT2D eigenvalue weighted by molar-refractivity contribution is 6.63. The fraction of sp³-hybridized carbons (Fsp3) is 0.111. The second-order valence-corrected chi connectivity index (χ2v) is 23.5. The molecule has 0 atom stereocenters. The Kier molecular flexibility index (Phi) is 9.42. The predicted molar refractivity (Wildman–Crippen MR) is 334 cm³/mol. The summed E-state index contributed by atoms with van der Waals surface area (Å²) < 4.78 is 40.7. The normalized spacial score (nSPS) is 16.8. The van der Waals surface area contributed by atoms with E-state index in [0.29, 0.717) is 0 Å². The summed E-state index contributed by atoms with van der Waals surface area (Å²) >= 11 is 0. The Bertz CT molecular complexity index is 4540. The molecular formula is C72H56B2N4O4. The van der Waals surface area contributed by atoms with Crippen molar-refractivity contribution in [3.05, 3.63) is 262 Å². The number of allylic oxidation sites excluding steroid dienone is 4. The summed E-state index contributed by atoms with van der Waals surface area (Å²) in [6, 6.07) is 65.6. The molecule has 8 nitrogen and oxygen atoms in total. The Hall–Kier alpha value is -9.79. The van der Waals surface area contributed by atoms with E-state index in [1.807, 2.05) is 0 Å². The maximum Gasteiger partial charge on any atom is 0.780 e. The molecule has 0 N–H and O–H groups in total. The van der Waals surface area contributed by atoms with E-state index in [-0.39, 0.29) is 0 Å². The number of benzene rings is 9. The number of rotatable bonds is 2. The number of aromatic nitrogens is 2. The van der Waals surface area contributed by atoms with E-state index in [4.69, 9.17) is 18.6 Å². The number of aryl methyl sites for hydroxylation is 4. The van der Waals surface area contributed by atoms with Gasteiger partial charge in [-0.3, -0.25) is 0 Å². The van der Waals surface area contributed by atoms with Crippen LogP contribution in [0.25, 0.3) is 76.5 Å². The largest absolute Gasteiger partial charge is 0.780 e. The fourth-order valence-corrected chi connectivity index (χ4v) is 15.6. The third kappa shape index (κ3) is 6.03. The van der Waals surface area contributed by atoms with Crippen LogP contribution in [0, 0.1) is 27.7 Å². The van der Waals surface area contributed by atoms with Crippen molar-refractivity contribution in [2.24, 2.45) is 0 Å². The lowest BCUT2D eigenvalue weighted by atomic mass is 9.77. The van der Waals surface area contributed by atoms with Gasteiger partial charge in [-0.2, -0.15) is 0 Å². The maximum atomic E-state index is 7.80. The van der Waals surface area contributed by atoms with Crippen LogP contribution >= 0.6 is 0 Å². The zero-order valence-electron chi connectivity index (χ0n) is 47.1. The van der Waals surface area contributed by atoms with Gasteiger partial charge in [0.25, 0.3) is 0 Å². The molecule has 0 saturated carbocycles. The number of hydrogen-bond donors (Lipinski definition) is 0. The molecule has 6 aliphatic rings. The zero-order valence-corrected chi connectivity index (χ0v) is 47.1. The monoisotopic (exact) mass is 1060 g/mol. The molecule has 0 bridgehead atoms. The Balaban J connectivity index is 0.858. The Morgan fingerprint density at radius 3 is 0.939 bits per heavy atom. The molecule has 8 heterocycles. The first kappa shape index (κ1) is 47.1. The Morgan fingerprint density at radius 1 is 0.341 bits per heavy atom. The molecule has 0 radical (unpaired) electrons. The molecular weight excluding hydrogens is 1010 g/mol. The van der Waals surface area contributed by atoms with Gasteiger partial charge in [-0.1, -0.05) is 146 Å². The van der Waals surface area contributed by atoms with Gasteiger partial charge >= 0.3 is 13.6 Å².